The van der Waals surface area contributed by atoms with Gasteiger partial charge in [-0.2, -0.15) is 13.2 Å². The molecule has 1 rings (SSSR count). The molecule has 2 nitrogen and oxygen atoms in total. The zero-order valence-electron chi connectivity index (χ0n) is 7.75. The monoisotopic (exact) mass is 217 g/mol. The molecule has 0 heterocycles. The maximum Gasteiger partial charge on any atom is 0.416 e. The molecule has 0 aliphatic heterocycles. The van der Waals surface area contributed by atoms with E-state index >= 15 is 0 Å². The number of benzene rings is 1. The fourth-order valence-electron chi connectivity index (χ4n) is 1.06. The molecule has 5 heteroatoms. The Balaban J connectivity index is 3.04. The quantitative estimate of drug-likeness (QED) is 0.798. The summed E-state index contributed by atoms with van der Waals surface area (Å²) in [6.07, 6.45) is -1.43. The van der Waals surface area contributed by atoms with Crippen LogP contribution in [-0.4, -0.2) is 11.7 Å². The first kappa shape index (κ1) is 11.6. The smallest absolute Gasteiger partial charge is 0.416 e. The van der Waals surface area contributed by atoms with Gasteiger partial charge in [-0.1, -0.05) is 18.2 Å². The highest BCUT2D eigenvalue weighted by molar-refractivity contribution is 5.57. The molecule has 0 aromatic heterocycles. The summed E-state index contributed by atoms with van der Waals surface area (Å²) in [7, 11) is 0. The van der Waals surface area contributed by atoms with E-state index in [0.717, 1.165) is 6.07 Å². The normalized spacial score (nSPS) is 12.3. The van der Waals surface area contributed by atoms with Crippen LogP contribution in [0.5, 0.6) is 5.75 Å². The van der Waals surface area contributed by atoms with Crippen molar-refractivity contribution >= 4 is 6.08 Å². The van der Waals surface area contributed by atoms with Gasteiger partial charge in [0.15, 0.2) is 0 Å². The molecule has 0 saturated carbocycles. The number of phenols is 1. The lowest BCUT2D eigenvalue weighted by Crippen LogP contribution is -2.04. The first-order chi connectivity index (χ1) is 6.95. The van der Waals surface area contributed by atoms with E-state index in [4.69, 9.17) is 5.73 Å². The Morgan fingerprint density at radius 1 is 1.33 bits per heavy atom. The van der Waals surface area contributed by atoms with Crippen LogP contribution in [0.1, 0.15) is 11.1 Å². The van der Waals surface area contributed by atoms with Gasteiger partial charge < -0.3 is 10.8 Å². The van der Waals surface area contributed by atoms with E-state index in [1.165, 1.54) is 12.1 Å². The fourth-order valence-corrected chi connectivity index (χ4v) is 1.06. The highest BCUT2D eigenvalue weighted by atomic mass is 19.4. The van der Waals surface area contributed by atoms with E-state index in [-0.39, 0.29) is 6.54 Å². The Bertz CT molecular complexity index is 371. The van der Waals surface area contributed by atoms with Gasteiger partial charge in [0.25, 0.3) is 0 Å². The first-order valence-corrected chi connectivity index (χ1v) is 4.22. The van der Waals surface area contributed by atoms with Crippen LogP contribution in [0, 0.1) is 0 Å². The van der Waals surface area contributed by atoms with E-state index in [9.17, 15) is 18.3 Å². The number of rotatable bonds is 2. The maximum absolute atomic E-state index is 12.2. The number of alkyl halides is 3. The third kappa shape index (κ3) is 2.99. The molecule has 0 radical (unpaired) electrons. The highest BCUT2D eigenvalue weighted by Crippen LogP contribution is 2.32. The van der Waals surface area contributed by atoms with Crippen molar-refractivity contribution in [3.63, 3.8) is 0 Å². The minimum absolute atomic E-state index is 0.264. The molecular formula is C10H10F3NO. The minimum Gasteiger partial charge on any atom is -0.507 e. The van der Waals surface area contributed by atoms with Crippen LogP contribution in [0.3, 0.4) is 0 Å². The lowest BCUT2D eigenvalue weighted by Gasteiger charge is -2.07. The molecule has 0 saturated heterocycles. The van der Waals surface area contributed by atoms with Crippen LogP contribution in [0.25, 0.3) is 6.08 Å². The topological polar surface area (TPSA) is 46.2 Å². The molecule has 0 spiro atoms. The number of phenolic OH excluding ortho intramolecular Hbond substituents is 1. The summed E-state index contributed by atoms with van der Waals surface area (Å²) in [5.41, 5.74) is 4.62. The molecule has 0 atom stereocenters. The van der Waals surface area contributed by atoms with Gasteiger partial charge >= 0.3 is 6.18 Å². The summed E-state index contributed by atoms with van der Waals surface area (Å²) in [5.74, 6) is -0.408. The summed E-state index contributed by atoms with van der Waals surface area (Å²) in [5, 5.41) is 9.29. The average molecular weight is 217 g/mol. The predicted molar refractivity (Wildman–Crippen MR) is 51.2 cm³/mol. The average Bonchev–Trinajstić information content (AvgIpc) is 2.14. The van der Waals surface area contributed by atoms with Gasteiger partial charge in [-0.25, -0.2) is 0 Å². The first-order valence-electron chi connectivity index (χ1n) is 4.22. The van der Waals surface area contributed by atoms with Crippen molar-refractivity contribution in [3.05, 3.63) is 35.4 Å². The minimum atomic E-state index is -4.44. The van der Waals surface area contributed by atoms with Crippen molar-refractivity contribution in [2.75, 3.05) is 6.54 Å². The van der Waals surface area contributed by atoms with Crippen molar-refractivity contribution in [2.24, 2.45) is 5.73 Å². The molecule has 15 heavy (non-hydrogen) atoms. The molecule has 0 unspecified atom stereocenters. The Hall–Kier alpha value is -1.49. The van der Waals surface area contributed by atoms with Crippen molar-refractivity contribution < 1.29 is 18.3 Å². The molecule has 0 aliphatic rings. The van der Waals surface area contributed by atoms with Gasteiger partial charge in [-0.3, -0.25) is 0 Å². The van der Waals surface area contributed by atoms with Gasteiger partial charge in [0.05, 0.1) is 5.56 Å². The molecule has 1 aromatic carbocycles. The third-order valence-electron chi connectivity index (χ3n) is 1.79. The van der Waals surface area contributed by atoms with Crippen molar-refractivity contribution in [1.29, 1.82) is 0 Å². The summed E-state index contributed by atoms with van der Waals surface area (Å²) in [6.45, 7) is 0.264. The second kappa shape index (κ2) is 4.35. The van der Waals surface area contributed by atoms with Crippen LogP contribution >= 0.6 is 0 Å². The Kier molecular flexibility index (Phi) is 3.36. The Morgan fingerprint density at radius 2 is 2.00 bits per heavy atom. The number of nitrogens with two attached hydrogens (primary N) is 1. The summed E-state index contributed by atoms with van der Waals surface area (Å²) >= 11 is 0. The van der Waals surface area contributed by atoms with Gasteiger partial charge in [-0.05, 0) is 12.1 Å². The van der Waals surface area contributed by atoms with Gasteiger partial charge in [0, 0.05) is 12.1 Å². The molecule has 0 amide bonds. The maximum atomic E-state index is 12.2. The number of hydrogen-bond donors (Lipinski definition) is 2. The van der Waals surface area contributed by atoms with Crippen LogP contribution in [0.15, 0.2) is 24.3 Å². The second-order valence-electron chi connectivity index (χ2n) is 2.91. The third-order valence-corrected chi connectivity index (χ3v) is 1.79. The van der Waals surface area contributed by atoms with E-state index in [0.29, 0.717) is 11.6 Å². The van der Waals surface area contributed by atoms with Crippen LogP contribution in [-0.2, 0) is 6.18 Å². The predicted octanol–water partition coefficient (Wildman–Crippen LogP) is 2.38. The largest absolute Gasteiger partial charge is 0.507 e. The van der Waals surface area contributed by atoms with E-state index in [2.05, 4.69) is 0 Å². The summed E-state index contributed by atoms with van der Waals surface area (Å²) in [4.78, 5) is 0. The van der Waals surface area contributed by atoms with E-state index in [1.54, 1.807) is 6.08 Å². The molecule has 1 aromatic rings. The number of hydrogen-bond acceptors (Lipinski definition) is 2. The van der Waals surface area contributed by atoms with Crippen molar-refractivity contribution in [1.82, 2.24) is 0 Å². The molecule has 0 aliphatic carbocycles. The standard InChI is InChI=1S/C10H10F3NO/c11-10(12,13)8-4-3-7(2-1-5-14)9(15)6-8/h1-4,6,15H,5,14H2. The molecule has 0 bridgehead atoms. The van der Waals surface area contributed by atoms with Crippen LogP contribution < -0.4 is 5.73 Å². The zero-order valence-corrected chi connectivity index (χ0v) is 7.75. The molecule has 82 valence electrons. The SMILES string of the molecule is NCC=Cc1ccc(C(F)(F)F)cc1O. The highest BCUT2D eigenvalue weighted by Gasteiger charge is 2.30. The van der Waals surface area contributed by atoms with Crippen LogP contribution in [0.4, 0.5) is 13.2 Å². The fraction of sp³-hybridized carbons (Fsp3) is 0.200. The molecule has 0 fully saturated rings. The molecule has 3 N–H and O–H groups in total. The molecular weight excluding hydrogens is 207 g/mol. The lowest BCUT2D eigenvalue weighted by molar-refractivity contribution is -0.137. The second-order valence-corrected chi connectivity index (χ2v) is 2.91. The summed E-state index contributed by atoms with van der Waals surface area (Å²) < 4.78 is 36.6. The number of aromatic hydroxyl groups is 1. The van der Waals surface area contributed by atoms with E-state index in [1.807, 2.05) is 0 Å². The Labute approximate surface area is 84.8 Å². The van der Waals surface area contributed by atoms with Gasteiger partial charge in [0.2, 0.25) is 0 Å². The van der Waals surface area contributed by atoms with Gasteiger partial charge in [-0.15, -0.1) is 0 Å². The Morgan fingerprint density at radius 3 is 2.47 bits per heavy atom. The van der Waals surface area contributed by atoms with E-state index < -0.39 is 17.5 Å². The van der Waals surface area contributed by atoms with Crippen molar-refractivity contribution in [3.8, 4) is 5.75 Å². The zero-order chi connectivity index (χ0) is 11.5. The van der Waals surface area contributed by atoms with Crippen molar-refractivity contribution in [2.45, 2.75) is 6.18 Å². The number of halogens is 3. The van der Waals surface area contributed by atoms with Crippen LogP contribution in [0.2, 0.25) is 0 Å². The van der Waals surface area contributed by atoms with Gasteiger partial charge in [0.1, 0.15) is 5.75 Å². The lowest BCUT2D eigenvalue weighted by atomic mass is 10.1. The summed E-state index contributed by atoms with van der Waals surface area (Å²) in [6, 6.07) is 2.80.